The fourth-order valence-electron chi connectivity index (χ4n) is 2.83. The molecule has 0 aliphatic heterocycles. The Kier molecular flexibility index (Phi) is 3.85. The molecule has 1 aliphatic rings. The molecule has 0 amide bonds. The zero-order valence-corrected chi connectivity index (χ0v) is 11.8. The highest BCUT2D eigenvalue weighted by Gasteiger charge is 2.32. The number of benzene rings is 1. The van der Waals surface area contributed by atoms with E-state index in [0.717, 1.165) is 24.0 Å². The Labute approximate surface area is 114 Å². The number of nitrogens with one attached hydrogen (secondary N) is 1. The third kappa shape index (κ3) is 2.91. The molecular formula is C15H23NO3. The molecule has 2 unspecified atom stereocenters. The standard InChI is InChI=1S/C15H23NO3/c1-15(2,3)16-12-6-4-9-10(14(12)19)5-7-13(18)11(9)8-17/h5,7,12,14,16-19H,4,6,8H2,1-3H3. The summed E-state index contributed by atoms with van der Waals surface area (Å²) in [6.07, 6.45) is 0.945. The van der Waals surface area contributed by atoms with Crippen LogP contribution < -0.4 is 5.32 Å². The van der Waals surface area contributed by atoms with E-state index in [0.29, 0.717) is 5.56 Å². The zero-order chi connectivity index (χ0) is 14.2. The highest BCUT2D eigenvalue weighted by atomic mass is 16.3. The second-order valence-electron chi connectivity index (χ2n) is 6.27. The van der Waals surface area contributed by atoms with Gasteiger partial charge in [-0.05, 0) is 50.8 Å². The van der Waals surface area contributed by atoms with Crippen LogP contribution in [0.3, 0.4) is 0 Å². The van der Waals surface area contributed by atoms with E-state index in [1.165, 1.54) is 0 Å². The molecule has 4 nitrogen and oxygen atoms in total. The minimum atomic E-state index is -0.603. The van der Waals surface area contributed by atoms with Gasteiger partial charge in [-0.15, -0.1) is 0 Å². The van der Waals surface area contributed by atoms with Crippen LogP contribution in [-0.4, -0.2) is 26.9 Å². The number of rotatable bonds is 2. The Bertz CT molecular complexity index is 465. The molecule has 2 atom stereocenters. The first-order valence-corrected chi connectivity index (χ1v) is 6.73. The minimum Gasteiger partial charge on any atom is -0.508 e. The summed E-state index contributed by atoms with van der Waals surface area (Å²) in [4.78, 5) is 0. The van der Waals surface area contributed by atoms with E-state index >= 15 is 0 Å². The average molecular weight is 265 g/mol. The quantitative estimate of drug-likeness (QED) is 0.656. The lowest BCUT2D eigenvalue weighted by Crippen LogP contribution is -2.48. The molecule has 19 heavy (non-hydrogen) atoms. The lowest BCUT2D eigenvalue weighted by Gasteiger charge is -2.36. The summed E-state index contributed by atoms with van der Waals surface area (Å²) in [5, 5.41) is 33.0. The van der Waals surface area contributed by atoms with Crippen molar-refractivity contribution in [2.45, 2.75) is 57.9 Å². The summed E-state index contributed by atoms with van der Waals surface area (Å²) in [5.74, 6) is 0.107. The second kappa shape index (κ2) is 5.12. The van der Waals surface area contributed by atoms with E-state index in [4.69, 9.17) is 0 Å². The van der Waals surface area contributed by atoms with E-state index in [-0.39, 0.29) is 23.9 Å². The average Bonchev–Trinajstić information content (AvgIpc) is 2.31. The van der Waals surface area contributed by atoms with Crippen molar-refractivity contribution >= 4 is 0 Å². The predicted octanol–water partition coefficient (Wildman–Crippen LogP) is 1.62. The summed E-state index contributed by atoms with van der Waals surface area (Å²) in [6, 6.07) is 3.31. The van der Waals surface area contributed by atoms with Gasteiger partial charge in [0.05, 0.1) is 12.7 Å². The van der Waals surface area contributed by atoms with Gasteiger partial charge in [0.2, 0.25) is 0 Å². The smallest absolute Gasteiger partial charge is 0.121 e. The molecule has 106 valence electrons. The molecule has 0 aromatic heterocycles. The van der Waals surface area contributed by atoms with Crippen molar-refractivity contribution in [3.8, 4) is 5.75 Å². The molecule has 0 fully saturated rings. The molecular weight excluding hydrogens is 242 g/mol. The fourth-order valence-corrected chi connectivity index (χ4v) is 2.83. The Morgan fingerprint density at radius 1 is 1.32 bits per heavy atom. The topological polar surface area (TPSA) is 72.7 Å². The number of aromatic hydroxyl groups is 1. The summed E-state index contributed by atoms with van der Waals surface area (Å²) < 4.78 is 0. The van der Waals surface area contributed by atoms with E-state index in [9.17, 15) is 15.3 Å². The lowest BCUT2D eigenvalue weighted by molar-refractivity contribution is 0.0993. The van der Waals surface area contributed by atoms with Crippen molar-refractivity contribution in [3.05, 3.63) is 28.8 Å². The Balaban J connectivity index is 2.32. The van der Waals surface area contributed by atoms with Crippen LogP contribution in [0.2, 0.25) is 0 Å². The van der Waals surface area contributed by atoms with Crippen molar-refractivity contribution in [1.82, 2.24) is 5.32 Å². The van der Waals surface area contributed by atoms with Gasteiger partial charge in [-0.2, -0.15) is 0 Å². The van der Waals surface area contributed by atoms with Gasteiger partial charge >= 0.3 is 0 Å². The van der Waals surface area contributed by atoms with Crippen LogP contribution in [-0.2, 0) is 13.0 Å². The minimum absolute atomic E-state index is 0.00332. The first kappa shape index (κ1) is 14.3. The van der Waals surface area contributed by atoms with Crippen LogP contribution in [0.4, 0.5) is 0 Å². The maximum Gasteiger partial charge on any atom is 0.121 e. The molecule has 1 aromatic rings. The molecule has 1 aliphatic carbocycles. The van der Waals surface area contributed by atoms with Gasteiger partial charge in [0, 0.05) is 17.1 Å². The SMILES string of the molecule is CC(C)(C)NC1CCc2c(ccc(O)c2CO)C1O. The highest BCUT2D eigenvalue weighted by molar-refractivity contribution is 5.46. The third-order valence-electron chi connectivity index (χ3n) is 3.62. The fraction of sp³-hybridized carbons (Fsp3) is 0.600. The van der Waals surface area contributed by atoms with Crippen molar-refractivity contribution in [1.29, 1.82) is 0 Å². The van der Waals surface area contributed by atoms with Gasteiger partial charge < -0.3 is 20.6 Å². The van der Waals surface area contributed by atoms with Crippen LogP contribution in [0.5, 0.6) is 5.75 Å². The lowest BCUT2D eigenvalue weighted by atomic mass is 9.82. The monoisotopic (exact) mass is 265 g/mol. The van der Waals surface area contributed by atoms with Crippen LogP contribution >= 0.6 is 0 Å². The highest BCUT2D eigenvalue weighted by Crippen LogP contribution is 2.36. The second-order valence-corrected chi connectivity index (χ2v) is 6.27. The largest absolute Gasteiger partial charge is 0.508 e. The normalized spacial score (nSPS) is 23.2. The third-order valence-corrected chi connectivity index (χ3v) is 3.62. The van der Waals surface area contributed by atoms with Crippen LogP contribution in [0.25, 0.3) is 0 Å². The van der Waals surface area contributed by atoms with E-state index in [2.05, 4.69) is 26.1 Å². The van der Waals surface area contributed by atoms with Gasteiger partial charge in [-0.25, -0.2) is 0 Å². The van der Waals surface area contributed by atoms with Crippen molar-refractivity contribution in [3.63, 3.8) is 0 Å². The zero-order valence-electron chi connectivity index (χ0n) is 11.8. The van der Waals surface area contributed by atoms with Crippen molar-refractivity contribution in [2.24, 2.45) is 0 Å². The van der Waals surface area contributed by atoms with Crippen LogP contribution in [0.1, 0.15) is 50.0 Å². The van der Waals surface area contributed by atoms with Gasteiger partial charge in [-0.1, -0.05) is 6.07 Å². The predicted molar refractivity (Wildman–Crippen MR) is 74.0 cm³/mol. The van der Waals surface area contributed by atoms with E-state index in [1.54, 1.807) is 12.1 Å². The molecule has 0 bridgehead atoms. The van der Waals surface area contributed by atoms with Gasteiger partial charge in [0.15, 0.2) is 0 Å². The van der Waals surface area contributed by atoms with Crippen LogP contribution in [0, 0.1) is 0 Å². The Morgan fingerprint density at radius 3 is 2.58 bits per heavy atom. The number of aliphatic hydroxyl groups is 2. The molecule has 4 N–H and O–H groups in total. The maximum atomic E-state index is 10.5. The van der Waals surface area contributed by atoms with E-state index < -0.39 is 6.10 Å². The molecule has 0 spiro atoms. The molecule has 0 radical (unpaired) electrons. The van der Waals surface area contributed by atoms with Gasteiger partial charge in [0.1, 0.15) is 5.75 Å². The van der Waals surface area contributed by atoms with Crippen molar-refractivity contribution < 1.29 is 15.3 Å². The number of aliphatic hydroxyl groups excluding tert-OH is 2. The summed E-state index contributed by atoms with van der Waals surface area (Å²) in [6.45, 7) is 6.03. The molecule has 0 saturated heterocycles. The number of phenols is 1. The number of fused-ring (bicyclic) bond motifs is 1. The molecule has 4 heteroatoms. The molecule has 2 rings (SSSR count). The van der Waals surface area contributed by atoms with Gasteiger partial charge in [0.25, 0.3) is 0 Å². The van der Waals surface area contributed by atoms with E-state index in [1.807, 2.05) is 0 Å². The Hall–Kier alpha value is -1.10. The van der Waals surface area contributed by atoms with Crippen molar-refractivity contribution in [2.75, 3.05) is 0 Å². The molecule has 0 saturated carbocycles. The maximum absolute atomic E-state index is 10.5. The summed E-state index contributed by atoms with van der Waals surface area (Å²) in [5.41, 5.74) is 2.20. The van der Waals surface area contributed by atoms with Crippen LogP contribution in [0.15, 0.2) is 12.1 Å². The first-order chi connectivity index (χ1) is 8.83. The molecule has 1 aromatic carbocycles. The Morgan fingerprint density at radius 2 is 2.00 bits per heavy atom. The first-order valence-electron chi connectivity index (χ1n) is 6.73. The summed E-state index contributed by atoms with van der Waals surface area (Å²) in [7, 11) is 0. The molecule has 0 heterocycles. The number of hydrogen-bond donors (Lipinski definition) is 4. The number of hydrogen-bond acceptors (Lipinski definition) is 4. The van der Waals surface area contributed by atoms with Gasteiger partial charge in [-0.3, -0.25) is 0 Å². The summed E-state index contributed by atoms with van der Waals surface area (Å²) >= 11 is 0.